The van der Waals surface area contributed by atoms with Crippen LogP contribution >= 0.6 is 0 Å². The van der Waals surface area contributed by atoms with E-state index >= 15 is 0 Å². The summed E-state index contributed by atoms with van der Waals surface area (Å²) in [5.41, 5.74) is 4.34. The zero-order chi connectivity index (χ0) is 20.5. The van der Waals surface area contributed by atoms with Crippen LogP contribution in [0.3, 0.4) is 0 Å². The molecule has 4 rings (SSSR count). The molecule has 1 aliphatic carbocycles. The molecule has 1 saturated heterocycles. The molecule has 0 bridgehead atoms. The van der Waals surface area contributed by atoms with Crippen LogP contribution in [0.25, 0.3) is 0 Å². The van der Waals surface area contributed by atoms with Crippen LogP contribution in [0.2, 0.25) is 0 Å². The van der Waals surface area contributed by atoms with Gasteiger partial charge in [-0.05, 0) is 53.5 Å². The first-order valence-corrected chi connectivity index (χ1v) is 9.94. The SMILES string of the molecule is N#Cc1ccc(C2OC(CO)C(O)C(O)C2O)cc1Cc1ccc(C2CC2)cc1. The molecule has 2 aromatic rings. The summed E-state index contributed by atoms with van der Waals surface area (Å²) in [6.45, 7) is -0.474. The second-order valence-corrected chi connectivity index (χ2v) is 7.97. The molecular formula is C23H25NO5. The normalized spacial score (nSPS) is 29.4. The Kier molecular flexibility index (Phi) is 5.68. The summed E-state index contributed by atoms with van der Waals surface area (Å²) in [5, 5.41) is 49.3. The molecule has 0 aromatic heterocycles. The van der Waals surface area contributed by atoms with Gasteiger partial charge in [-0.15, -0.1) is 0 Å². The van der Waals surface area contributed by atoms with Crippen molar-refractivity contribution in [3.8, 4) is 6.07 Å². The van der Waals surface area contributed by atoms with Gasteiger partial charge < -0.3 is 25.2 Å². The van der Waals surface area contributed by atoms with E-state index in [0.717, 1.165) is 11.1 Å². The van der Waals surface area contributed by atoms with Gasteiger partial charge in [0.15, 0.2) is 0 Å². The molecule has 0 radical (unpaired) electrons. The lowest BCUT2D eigenvalue weighted by atomic mass is 9.89. The molecule has 152 valence electrons. The second-order valence-electron chi connectivity index (χ2n) is 7.97. The van der Waals surface area contributed by atoms with Gasteiger partial charge in [-0.1, -0.05) is 36.4 Å². The minimum absolute atomic E-state index is 0.474. The Labute approximate surface area is 169 Å². The van der Waals surface area contributed by atoms with Gasteiger partial charge in [0.25, 0.3) is 0 Å². The third-order valence-electron chi connectivity index (χ3n) is 5.89. The summed E-state index contributed by atoms with van der Waals surface area (Å²) >= 11 is 0. The standard InChI is InChI=1S/C23H25NO5/c24-11-17-8-7-16(23-22(28)21(27)20(26)19(12-25)29-23)10-18(17)9-13-1-3-14(4-2-13)15-5-6-15/h1-4,7-8,10,15,19-23,25-28H,5-6,9,12H2. The van der Waals surface area contributed by atoms with Gasteiger partial charge in [-0.25, -0.2) is 0 Å². The first-order chi connectivity index (χ1) is 14.0. The van der Waals surface area contributed by atoms with Gasteiger partial charge in [-0.3, -0.25) is 0 Å². The van der Waals surface area contributed by atoms with E-state index in [1.165, 1.54) is 18.4 Å². The summed E-state index contributed by atoms with van der Waals surface area (Å²) < 4.78 is 5.65. The molecular weight excluding hydrogens is 370 g/mol. The fourth-order valence-corrected chi connectivity index (χ4v) is 3.97. The Bertz CT molecular complexity index is 900. The summed E-state index contributed by atoms with van der Waals surface area (Å²) in [6.07, 6.45) is -2.99. The van der Waals surface area contributed by atoms with Crippen molar-refractivity contribution in [2.75, 3.05) is 6.61 Å². The summed E-state index contributed by atoms with van der Waals surface area (Å²) in [7, 11) is 0. The van der Waals surface area contributed by atoms with Crippen molar-refractivity contribution in [1.29, 1.82) is 5.26 Å². The number of hydrogen-bond donors (Lipinski definition) is 4. The van der Waals surface area contributed by atoms with Crippen molar-refractivity contribution in [2.24, 2.45) is 0 Å². The smallest absolute Gasteiger partial charge is 0.113 e. The molecule has 2 aromatic carbocycles. The molecule has 6 nitrogen and oxygen atoms in total. The highest BCUT2D eigenvalue weighted by molar-refractivity contribution is 5.44. The van der Waals surface area contributed by atoms with Crippen molar-refractivity contribution in [3.05, 3.63) is 70.3 Å². The predicted octanol–water partition coefficient (Wildman–Crippen LogP) is 1.54. The highest BCUT2D eigenvalue weighted by atomic mass is 16.5. The number of benzene rings is 2. The van der Waals surface area contributed by atoms with E-state index in [-0.39, 0.29) is 0 Å². The molecule has 4 N–H and O–H groups in total. The van der Waals surface area contributed by atoms with E-state index in [1.807, 2.05) is 0 Å². The quantitative estimate of drug-likeness (QED) is 0.611. The van der Waals surface area contributed by atoms with E-state index in [1.54, 1.807) is 18.2 Å². The molecule has 1 saturated carbocycles. The molecule has 6 heteroatoms. The summed E-state index contributed by atoms with van der Waals surface area (Å²) in [6, 6.07) is 15.8. The van der Waals surface area contributed by atoms with Crippen molar-refractivity contribution in [2.45, 2.75) is 55.7 Å². The number of aliphatic hydroxyl groups excluding tert-OH is 4. The van der Waals surface area contributed by atoms with Crippen LogP contribution in [0.4, 0.5) is 0 Å². The van der Waals surface area contributed by atoms with Gasteiger partial charge in [0.2, 0.25) is 0 Å². The van der Waals surface area contributed by atoms with E-state index < -0.39 is 37.1 Å². The van der Waals surface area contributed by atoms with Gasteiger partial charge in [0.1, 0.15) is 30.5 Å². The van der Waals surface area contributed by atoms with Crippen LogP contribution in [0.15, 0.2) is 42.5 Å². The van der Waals surface area contributed by atoms with E-state index in [0.29, 0.717) is 23.5 Å². The van der Waals surface area contributed by atoms with Crippen LogP contribution in [0, 0.1) is 11.3 Å². The van der Waals surface area contributed by atoms with Crippen molar-refractivity contribution >= 4 is 0 Å². The molecule has 29 heavy (non-hydrogen) atoms. The second kappa shape index (κ2) is 8.23. The van der Waals surface area contributed by atoms with Crippen LogP contribution in [0.1, 0.15) is 52.7 Å². The Hall–Kier alpha value is -2.27. The molecule has 5 atom stereocenters. The maximum Gasteiger partial charge on any atom is 0.113 e. The number of aliphatic hydroxyl groups is 4. The molecule has 2 fully saturated rings. The van der Waals surface area contributed by atoms with E-state index in [4.69, 9.17) is 4.74 Å². The zero-order valence-corrected chi connectivity index (χ0v) is 16.0. The number of ether oxygens (including phenoxy) is 1. The molecule has 0 amide bonds. The maximum absolute atomic E-state index is 10.4. The Balaban J connectivity index is 1.60. The lowest BCUT2D eigenvalue weighted by molar-refractivity contribution is -0.231. The van der Waals surface area contributed by atoms with E-state index in [2.05, 4.69) is 30.3 Å². The predicted molar refractivity (Wildman–Crippen MR) is 105 cm³/mol. The summed E-state index contributed by atoms with van der Waals surface area (Å²) in [5.74, 6) is 0.688. The number of nitrogens with zero attached hydrogens (tertiary/aromatic N) is 1. The Morgan fingerprint density at radius 2 is 1.62 bits per heavy atom. The minimum Gasteiger partial charge on any atom is -0.394 e. The third-order valence-corrected chi connectivity index (χ3v) is 5.89. The Morgan fingerprint density at radius 3 is 2.24 bits per heavy atom. The van der Waals surface area contributed by atoms with Crippen molar-refractivity contribution < 1.29 is 25.2 Å². The lowest BCUT2D eigenvalue weighted by Crippen LogP contribution is -2.55. The van der Waals surface area contributed by atoms with Gasteiger partial charge in [0.05, 0.1) is 18.2 Å². The topological polar surface area (TPSA) is 114 Å². The molecule has 0 spiro atoms. The lowest BCUT2D eigenvalue weighted by Gasteiger charge is -2.40. The number of nitriles is 1. The van der Waals surface area contributed by atoms with Crippen LogP contribution < -0.4 is 0 Å². The van der Waals surface area contributed by atoms with Crippen LogP contribution in [-0.2, 0) is 11.2 Å². The molecule has 1 heterocycles. The third kappa shape index (κ3) is 4.06. The first kappa shape index (κ1) is 20.0. The largest absolute Gasteiger partial charge is 0.394 e. The van der Waals surface area contributed by atoms with Crippen LogP contribution in [-0.4, -0.2) is 51.4 Å². The molecule has 5 unspecified atom stereocenters. The van der Waals surface area contributed by atoms with Gasteiger partial charge >= 0.3 is 0 Å². The van der Waals surface area contributed by atoms with Crippen LogP contribution in [0.5, 0.6) is 0 Å². The highest BCUT2D eigenvalue weighted by Gasteiger charge is 2.44. The highest BCUT2D eigenvalue weighted by Crippen LogP contribution is 2.40. The van der Waals surface area contributed by atoms with Gasteiger partial charge in [0, 0.05) is 0 Å². The fraction of sp³-hybridized carbons (Fsp3) is 0.435. The molecule has 1 aliphatic heterocycles. The van der Waals surface area contributed by atoms with Gasteiger partial charge in [-0.2, -0.15) is 5.26 Å². The minimum atomic E-state index is -1.43. The van der Waals surface area contributed by atoms with Crippen molar-refractivity contribution in [1.82, 2.24) is 0 Å². The first-order valence-electron chi connectivity index (χ1n) is 9.94. The fourth-order valence-electron chi connectivity index (χ4n) is 3.97. The number of rotatable bonds is 5. The maximum atomic E-state index is 10.4. The average molecular weight is 395 g/mol. The average Bonchev–Trinajstić information content (AvgIpc) is 3.58. The van der Waals surface area contributed by atoms with E-state index in [9.17, 15) is 25.7 Å². The summed E-state index contributed by atoms with van der Waals surface area (Å²) in [4.78, 5) is 0. The molecule has 2 aliphatic rings. The zero-order valence-electron chi connectivity index (χ0n) is 16.0. The Morgan fingerprint density at radius 1 is 0.931 bits per heavy atom. The monoisotopic (exact) mass is 395 g/mol. The van der Waals surface area contributed by atoms with Crippen molar-refractivity contribution in [3.63, 3.8) is 0 Å². The number of hydrogen-bond acceptors (Lipinski definition) is 6.